The Labute approximate surface area is 99.2 Å². The van der Waals surface area contributed by atoms with Crippen LogP contribution in [0.5, 0.6) is 0 Å². The molecule has 0 radical (unpaired) electrons. The highest BCUT2D eigenvalue weighted by Gasteiger charge is 2.12. The van der Waals surface area contributed by atoms with Gasteiger partial charge in [0.2, 0.25) is 5.91 Å². The molecular weight excluding hydrogens is 222 g/mol. The van der Waals surface area contributed by atoms with E-state index in [-0.39, 0.29) is 18.1 Å². The van der Waals surface area contributed by atoms with Crippen LogP contribution in [-0.4, -0.2) is 28.8 Å². The van der Waals surface area contributed by atoms with Crippen molar-refractivity contribution in [3.63, 3.8) is 0 Å². The lowest BCUT2D eigenvalue weighted by atomic mass is 10.2. The van der Waals surface area contributed by atoms with Gasteiger partial charge < -0.3 is 10.6 Å². The summed E-state index contributed by atoms with van der Waals surface area (Å²) in [5.41, 5.74) is 6.03. The average Bonchev–Trinajstić information content (AvgIpc) is 2.35. The highest BCUT2D eigenvalue weighted by molar-refractivity contribution is 5.77. The van der Waals surface area contributed by atoms with Crippen molar-refractivity contribution in [2.24, 2.45) is 5.73 Å². The summed E-state index contributed by atoms with van der Waals surface area (Å²) in [6, 6.07) is 6.24. The lowest BCUT2D eigenvalue weighted by Crippen LogP contribution is -2.35. The van der Waals surface area contributed by atoms with Crippen molar-refractivity contribution < 1.29 is 9.72 Å². The Morgan fingerprint density at radius 1 is 1.53 bits per heavy atom. The molecule has 0 aliphatic rings. The molecule has 0 aliphatic carbocycles. The normalized spacial score (nSPS) is 10.0. The van der Waals surface area contributed by atoms with Crippen molar-refractivity contribution >= 4 is 11.6 Å². The number of hydrogen-bond donors (Lipinski definition) is 1. The molecule has 0 saturated carbocycles. The topological polar surface area (TPSA) is 89.5 Å². The number of nitro groups is 1. The van der Waals surface area contributed by atoms with Crippen LogP contribution in [0.2, 0.25) is 0 Å². The smallest absolute Gasteiger partial charge is 0.269 e. The maximum Gasteiger partial charge on any atom is 0.269 e. The van der Waals surface area contributed by atoms with Crippen LogP contribution in [0.15, 0.2) is 24.3 Å². The Bertz CT molecular complexity index is 420. The number of nitrogens with two attached hydrogens (primary N) is 1. The third-order valence-electron chi connectivity index (χ3n) is 2.40. The van der Waals surface area contributed by atoms with Crippen LogP contribution < -0.4 is 5.73 Å². The third kappa shape index (κ3) is 3.53. The number of likely N-dealkylation sites (N-methyl/N-ethyl adjacent to an activating group) is 1. The zero-order valence-electron chi connectivity index (χ0n) is 9.63. The standard InChI is InChI=1S/C11H15N3O3/c1-2-13(11(15)7-12)8-9-4-3-5-10(6-9)14(16)17/h3-6H,2,7-8,12H2,1H3. The Morgan fingerprint density at radius 2 is 2.24 bits per heavy atom. The molecule has 17 heavy (non-hydrogen) atoms. The second-order valence-corrected chi connectivity index (χ2v) is 3.54. The zero-order chi connectivity index (χ0) is 12.8. The monoisotopic (exact) mass is 237 g/mol. The Hall–Kier alpha value is -1.95. The molecule has 0 heterocycles. The summed E-state index contributed by atoms with van der Waals surface area (Å²) in [7, 11) is 0. The Morgan fingerprint density at radius 3 is 2.76 bits per heavy atom. The number of benzene rings is 1. The maximum absolute atomic E-state index is 11.4. The van der Waals surface area contributed by atoms with E-state index in [1.165, 1.54) is 12.1 Å². The maximum atomic E-state index is 11.4. The number of non-ortho nitro benzene ring substituents is 1. The minimum atomic E-state index is -0.454. The van der Waals surface area contributed by atoms with Crippen molar-refractivity contribution in [2.75, 3.05) is 13.1 Å². The van der Waals surface area contributed by atoms with Gasteiger partial charge in [-0.3, -0.25) is 14.9 Å². The predicted molar refractivity (Wildman–Crippen MR) is 63.2 cm³/mol. The first-order chi connectivity index (χ1) is 8.08. The second kappa shape index (κ2) is 5.95. The molecule has 1 aromatic rings. The van der Waals surface area contributed by atoms with Gasteiger partial charge in [0.1, 0.15) is 0 Å². The lowest BCUT2D eigenvalue weighted by molar-refractivity contribution is -0.384. The minimum Gasteiger partial charge on any atom is -0.338 e. The molecule has 2 N–H and O–H groups in total. The Balaban J connectivity index is 2.83. The minimum absolute atomic E-state index is 0.0266. The molecule has 0 spiro atoms. The van der Waals surface area contributed by atoms with Crippen LogP contribution in [0.25, 0.3) is 0 Å². The van der Waals surface area contributed by atoms with Gasteiger partial charge >= 0.3 is 0 Å². The molecule has 92 valence electrons. The van der Waals surface area contributed by atoms with E-state index >= 15 is 0 Å². The van der Waals surface area contributed by atoms with Crippen molar-refractivity contribution in [3.05, 3.63) is 39.9 Å². The molecule has 0 atom stereocenters. The molecule has 6 heteroatoms. The van der Waals surface area contributed by atoms with Crippen LogP contribution in [-0.2, 0) is 11.3 Å². The molecule has 0 saturated heterocycles. The highest BCUT2D eigenvalue weighted by Crippen LogP contribution is 2.14. The summed E-state index contributed by atoms with van der Waals surface area (Å²) in [5.74, 6) is -0.168. The molecule has 1 amide bonds. The van der Waals surface area contributed by atoms with Crippen molar-refractivity contribution in [1.29, 1.82) is 0 Å². The number of rotatable bonds is 5. The second-order valence-electron chi connectivity index (χ2n) is 3.54. The number of nitro benzene ring substituents is 1. The molecule has 0 aliphatic heterocycles. The van der Waals surface area contributed by atoms with Crippen LogP contribution in [0.1, 0.15) is 12.5 Å². The molecule has 6 nitrogen and oxygen atoms in total. The molecule has 1 aromatic carbocycles. The first kappa shape index (κ1) is 13.1. The van der Waals surface area contributed by atoms with Crippen LogP contribution in [0.3, 0.4) is 0 Å². The SMILES string of the molecule is CCN(Cc1cccc([N+](=O)[O-])c1)C(=O)CN. The van der Waals surface area contributed by atoms with Gasteiger partial charge in [-0.2, -0.15) is 0 Å². The van der Waals surface area contributed by atoms with Gasteiger partial charge in [-0.25, -0.2) is 0 Å². The van der Waals surface area contributed by atoms with Crippen LogP contribution in [0, 0.1) is 10.1 Å². The number of hydrogen-bond acceptors (Lipinski definition) is 4. The average molecular weight is 237 g/mol. The van der Waals surface area contributed by atoms with E-state index in [0.29, 0.717) is 13.1 Å². The summed E-state index contributed by atoms with van der Waals surface area (Å²) in [6.07, 6.45) is 0. The first-order valence-electron chi connectivity index (χ1n) is 5.29. The lowest BCUT2D eigenvalue weighted by Gasteiger charge is -2.19. The van der Waals surface area contributed by atoms with Gasteiger partial charge in [0.25, 0.3) is 5.69 Å². The number of carbonyl (C=O) groups excluding carboxylic acids is 1. The van der Waals surface area contributed by atoms with Crippen molar-refractivity contribution in [3.8, 4) is 0 Å². The summed E-state index contributed by atoms with van der Waals surface area (Å²) in [6.45, 7) is 2.65. The molecule has 0 aromatic heterocycles. The van der Waals surface area contributed by atoms with E-state index in [2.05, 4.69) is 0 Å². The van der Waals surface area contributed by atoms with E-state index in [1.807, 2.05) is 6.92 Å². The Kier molecular flexibility index (Phi) is 4.59. The zero-order valence-corrected chi connectivity index (χ0v) is 9.63. The van der Waals surface area contributed by atoms with Crippen molar-refractivity contribution in [2.45, 2.75) is 13.5 Å². The van der Waals surface area contributed by atoms with E-state index < -0.39 is 4.92 Å². The highest BCUT2D eigenvalue weighted by atomic mass is 16.6. The van der Waals surface area contributed by atoms with Crippen molar-refractivity contribution in [1.82, 2.24) is 4.90 Å². The number of nitrogens with zero attached hydrogens (tertiary/aromatic N) is 2. The molecule has 1 rings (SSSR count). The fourth-order valence-corrected chi connectivity index (χ4v) is 1.49. The third-order valence-corrected chi connectivity index (χ3v) is 2.40. The first-order valence-corrected chi connectivity index (χ1v) is 5.29. The fourth-order valence-electron chi connectivity index (χ4n) is 1.49. The quantitative estimate of drug-likeness (QED) is 0.608. The summed E-state index contributed by atoms with van der Waals surface area (Å²) in [5, 5.41) is 10.6. The van der Waals surface area contributed by atoms with Gasteiger partial charge in [0.15, 0.2) is 0 Å². The molecule has 0 fully saturated rings. The van der Waals surface area contributed by atoms with Gasteiger partial charge in [-0.05, 0) is 12.5 Å². The predicted octanol–water partition coefficient (Wildman–Crippen LogP) is 0.902. The number of amides is 1. The van der Waals surface area contributed by atoms with Gasteiger partial charge in [0, 0.05) is 25.2 Å². The van der Waals surface area contributed by atoms with Gasteiger partial charge in [0.05, 0.1) is 11.5 Å². The molecular formula is C11H15N3O3. The van der Waals surface area contributed by atoms with Gasteiger partial charge in [-0.1, -0.05) is 12.1 Å². The summed E-state index contributed by atoms with van der Waals surface area (Å²) in [4.78, 5) is 23.1. The largest absolute Gasteiger partial charge is 0.338 e. The van der Waals surface area contributed by atoms with E-state index in [1.54, 1.807) is 17.0 Å². The molecule has 0 unspecified atom stereocenters. The van der Waals surface area contributed by atoms with Gasteiger partial charge in [-0.15, -0.1) is 0 Å². The fraction of sp³-hybridized carbons (Fsp3) is 0.364. The van der Waals surface area contributed by atoms with E-state index in [9.17, 15) is 14.9 Å². The van der Waals surface area contributed by atoms with E-state index in [4.69, 9.17) is 5.73 Å². The van der Waals surface area contributed by atoms with Crippen LogP contribution in [0.4, 0.5) is 5.69 Å². The summed E-state index contributed by atoms with van der Waals surface area (Å²) < 4.78 is 0. The van der Waals surface area contributed by atoms with E-state index in [0.717, 1.165) is 5.56 Å². The molecule has 0 bridgehead atoms. The number of carbonyl (C=O) groups is 1. The van der Waals surface area contributed by atoms with Crippen LogP contribution >= 0.6 is 0 Å². The summed E-state index contributed by atoms with van der Waals surface area (Å²) >= 11 is 0.